The van der Waals surface area contributed by atoms with Crippen molar-refractivity contribution in [3.05, 3.63) is 57.6 Å². The quantitative estimate of drug-likeness (QED) is 0.435. The summed E-state index contributed by atoms with van der Waals surface area (Å²) in [5.41, 5.74) is 1.44. The largest absolute Gasteiger partial charge is 0.493 e. The van der Waals surface area contributed by atoms with Gasteiger partial charge < -0.3 is 14.4 Å². The van der Waals surface area contributed by atoms with Crippen molar-refractivity contribution in [3.63, 3.8) is 0 Å². The molecule has 0 aliphatic rings. The summed E-state index contributed by atoms with van der Waals surface area (Å²) in [6, 6.07) is 9.96. The van der Waals surface area contributed by atoms with Gasteiger partial charge in [0.1, 0.15) is 5.69 Å². The molecule has 0 N–H and O–H groups in total. The third-order valence-corrected chi connectivity index (χ3v) is 3.88. The second-order valence-corrected chi connectivity index (χ2v) is 5.53. The maximum absolute atomic E-state index is 11.5. The van der Waals surface area contributed by atoms with Gasteiger partial charge >= 0.3 is 0 Å². The minimum atomic E-state index is -0.485. The summed E-state index contributed by atoms with van der Waals surface area (Å²) in [6.07, 6.45) is 0. The molecular weight excluding hydrogens is 324 g/mol. The van der Waals surface area contributed by atoms with Crippen molar-refractivity contribution in [3.8, 4) is 11.5 Å². The molecule has 0 aromatic heterocycles. The average molecular weight is 344 g/mol. The molecule has 7 heteroatoms. The fourth-order valence-electron chi connectivity index (χ4n) is 2.63. The van der Waals surface area contributed by atoms with Gasteiger partial charge in [0.25, 0.3) is 5.69 Å². The molecule has 0 aliphatic carbocycles. The number of hydrogen-bond donors (Lipinski definition) is 0. The first-order valence-corrected chi connectivity index (χ1v) is 7.59. The lowest BCUT2D eigenvalue weighted by Crippen LogP contribution is -2.18. The minimum absolute atomic E-state index is 0.114. The molecule has 7 nitrogen and oxygen atoms in total. The molecule has 0 amide bonds. The van der Waals surface area contributed by atoms with Gasteiger partial charge in [0.2, 0.25) is 0 Å². The van der Waals surface area contributed by atoms with Crippen LogP contribution in [0.2, 0.25) is 0 Å². The zero-order chi connectivity index (χ0) is 18.6. The summed E-state index contributed by atoms with van der Waals surface area (Å²) in [4.78, 5) is 24.1. The number of rotatable bonds is 7. The van der Waals surface area contributed by atoms with Crippen LogP contribution in [0, 0.1) is 10.1 Å². The van der Waals surface area contributed by atoms with Crippen molar-refractivity contribution >= 4 is 17.2 Å². The van der Waals surface area contributed by atoms with Gasteiger partial charge in [0.05, 0.1) is 19.1 Å². The van der Waals surface area contributed by atoms with Crippen LogP contribution in [0.15, 0.2) is 36.4 Å². The third-order valence-electron chi connectivity index (χ3n) is 3.88. The Bertz CT molecular complexity index is 804. The fraction of sp³-hybridized carbons (Fsp3) is 0.278. The number of nitro benzene ring substituents is 1. The number of benzene rings is 2. The van der Waals surface area contributed by atoms with E-state index < -0.39 is 4.92 Å². The van der Waals surface area contributed by atoms with Gasteiger partial charge in [-0.1, -0.05) is 12.1 Å². The van der Waals surface area contributed by atoms with E-state index in [9.17, 15) is 14.9 Å². The number of methoxy groups -OCH3 is 2. The molecule has 0 spiro atoms. The van der Waals surface area contributed by atoms with Crippen molar-refractivity contribution in [2.24, 2.45) is 0 Å². The molecule has 0 radical (unpaired) electrons. The Balaban J connectivity index is 2.40. The number of anilines is 1. The Morgan fingerprint density at radius 2 is 1.92 bits per heavy atom. The standard InChI is InChI=1S/C18H20N2O5/c1-12(21)13-8-9-15(16(10-13)20(22)23)19(2)11-14-6-5-7-17(24-3)18(14)25-4/h5-10H,11H2,1-4H3. The lowest BCUT2D eigenvalue weighted by Gasteiger charge is -2.21. The summed E-state index contributed by atoms with van der Waals surface area (Å²) in [5.74, 6) is 0.960. The molecule has 2 aromatic rings. The van der Waals surface area contributed by atoms with Crippen LogP contribution in [0.25, 0.3) is 0 Å². The fourth-order valence-corrected chi connectivity index (χ4v) is 2.63. The number of carbonyl (C=O) groups excluding carboxylic acids is 1. The molecule has 0 bridgehead atoms. The predicted octanol–water partition coefficient (Wildman–Crippen LogP) is 3.45. The number of carbonyl (C=O) groups is 1. The van der Waals surface area contributed by atoms with Gasteiger partial charge in [-0.15, -0.1) is 0 Å². The Morgan fingerprint density at radius 3 is 2.48 bits per heavy atom. The van der Waals surface area contributed by atoms with E-state index in [0.29, 0.717) is 29.3 Å². The minimum Gasteiger partial charge on any atom is -0.493 e. The van der Waals surface area contributed by atoms with Crippen LogP contribution >= 0.6 is 0 Å². The summed E-state index contributed by atoms with van der Waals surface area (Å²) in [5, 5.41) is 11.4. The highest BCUT2D eigenvalue weighted by molar-refractivity contribution is 5.95. The topological polar surface area (TPSA) is 81.9 Å². The average Bonchev–Trinajstić information content (AvgIpc) is 2.60. The van der Waals surface area contributed by atoms with E-state index in [1.54, 1.807) is 44.4 Å². The summed E-state index contributed by atoms with van der Waals surface area (Å²) in [7, 11) is 4.84. The number of hydrogen-bond acceptors (Lipinski definition) is 6. The first-order valence-electron chi connectivity index (χ1n) is 7.59. The van der Waals surface area contributed by atoms with Gasteiger partial charge in [-0.2, -0.15) is 0 Å². The van der Waals surface area contributed by atoms with Crippen LogP contribution in [-0.4, -0.2) is 32.0 Å². The molecule has 132 valence electrons. The summed E-state index contributed by atoms with van der Waals surface area (Å²) >= 11 is 0. The van der Waals surface area contributed by atoms with Crippen LogP contribution in [0.5, 0.6) is 11.5 Å². The second kappa shape index (κ2) is 7.65. The molecule has 0 atom stereocenters. The highest BCUT2D eigenvalue weighted by Crippen LogP contribution is 2.34. The van der Waals surface area contributed by atoms with Crippen LogP contribution in [0.1, 0.15) is 22.8 Å². The maximum Gasteiger partial charge on any atom is 0.293 e. The molecule has 0 saturated heterocycles. The number of ketones is 1. The smallest absolute Gasteiger partial charge is 0.293 e. The van der Waals surface area contributed by atoms with Crippen molar-refractivity contribution < 1.29 is 19.2 Å². The molecule has 0 aliphatic heterocycles. The molecule has 0 heterocycles. The van der Waals surface area contributed by atoms with E-state index in [0.717, 1.165) is 5.56 Å². The van der Waals surface area contributed by atoms with Crippen LogP contribution in [-0.2, 0) is 6.54 Å². The van der Waals surface area contributed by atoms with E-state index in [-0.39, 0.29) is 11.5 Å². The Morgan fingerprint density at radius 1 is 1.20 bits per heavy atom. The highest BCUT2D eigenvalue weighted by Gasteiger charge is 2.20. The highest BCUT2D eigenvalue weighted by atomic mass is 16.6. The van der Waals surface area contributed by atoms with E-state index in [1.165, 1.54) is 13.0 Å². The van der Waals surface area contributed by atoms with Crippen LogP contribution in [0.4, 0.5) is 11.4 Å². The summed E-state index contributed by atoms with van der Waals surface area (Å²) in [6.45, 7) is 1.75. The first-order chi connectivity index (χ1) is 11.9. The number of ether oxygens (including phenoxy) is 2. The molecule has 2 aromatic carbocycles. The van der Waals surface area contributed by atoms with Gasteiger partial charge in [0, 0.05) is 30.8 Å². The van der Waals surface area contributed by atoms with Gasteiger partial charge in [-0.3, -0.25) is 14.9 Å². The Kier molecular flexibility index (Phi) is 5.59. The molecular formula is C18H20N2O5. The third kappa shape index (κ3) is 3.88. The lowest BCUT2D eigenvalue weighted by atomic mass is 10.1. The molecule has 0 fully saturated rings. The van der Waals surface area contributed by atoms with E-state index in [4.69, 9.17) is 9.47 Å². The molecule has 25 heavy (non-hydrogen) atoms. The number of nitrogens with zero attached hydrogens (tertiary/aromatic N) is 2. The van der Waals surface area contributed by atoms with Gasteiger partial charge in [-0.05, 0) is 25.1 Å². The first kappa shape index (κ1) is 18.3. The monoisotopic (exact) mass is 344 g/mol. The van der Waals surface area contributed by atoms with Crippen molar-refractivity contribution in [1.82, 2.24) is 0 Å². The Hall–Kier alpha value is -3.09. The van der Waals surface area contributed by atoms with Crippen molar-refractivity contribution in [1.29, 1.82) is 0 Å². The Labute approximate surface area is 145 Å². The lowest BCUT2D eigenvalue weighted by molar-refractivity contribution is -0.384. The van der Waals surface area contributed by atoms with Crippen molar-refractivity contribution in [2.75, 3.05) is 26.2 Å². The SMILES string of the molecule is COc1cccc(CN(C)c2ccc(C(C)=O)cc2[N+](=O)[O-])c1OC. The maximum atomic E-state index is 11.5. The zero-order valence-corrected chi connectivity index (χ0v) is 14.6. The van der Waals surface area contributed by atoms with Crippen LogP contribution in [0.3, 0.4) is 0 Å². The number of para-hydroxylation sites is 1. The van der Waals surface area contributed by atoms with E-state index in [1.807, 2.05) is 12.1 Å². The normalized spacial score (nSPS) is 10.2. The van der Waals surface area contributed by atoms with E-state index in [2.05, 4.69) is 0 Å². The van der Waals surface area contributed by atoms with Gasteiger partial charge in [0.15, 0.2) is 17.3 Å². The number of Topliss-reactive ketones (excluding diaryl/α,β-unsaturated/α-hetero) is 1. The molecule has 2 rings (SSSR count). The predicted molar refractivity (Wildman–Crippen MR) is 94.8 cm³/mol. The summed E-state index contributed by atoms with van der Waals surface area (Å²) < 4.78 is 10.7. The van der Waals surface area contributed by atoms with Crippen molar-refractivity contribution in [2.45, 2.75) is 13.5 Å². The van der Waals surface area contributed by atoms with E-state index >= 15 is 0 Å². The zero-order valence-electron chi connectivity index (χ0n) is 14.6. The van der Waals surface area contributed by atoms with Gasteiger partial charge in [-0.25, -0.2) is 0 Å². The number of nitro groups is 1. The molecule has 0 saturated carbocycles. The molecule has 0 unspecified atom stereocenters. The second-order valence-electron chi connectivity index (χ2n) is 5.53. The van der Waals surface area contributed by atoms with Crippen LogP contribution < -0.4 is 14.4 Å².